The van der Waals surface area contributed by atoms with Crippen molar-refractivity contribution in [2.45, 2.75) is 13.2 Å². The number of aromatic nitrogens is 4. The number of aliphatic hydroxyl groups is 1. The SMILES string of the molecule is Cn1ncc2c(NCc3ccccc3CO)ncnc21. The van der Waals surface area contributed by atoms with E-state index in [2.05, 4.69) is 20.4 Å². The van der Waals surface area contributed by atoms with E-state index >= 15 is 0 Å². The van der Waals surface area contributed by atoms with Crippen LogP contribution in [0.5, 0.6) is 0 Å². The van der Waals surface area contributed by atoms with Crippen LogP contribution in [0.4, 0.5) is 5.82 Å². The van der Waals surface area contributed by atoms with Gasteiger partial charge < -0.3 is 10.4 Å². The van der Waals surface area contributed by atoms with E-state index in [4.69, 9.17) is 0 Å². The lowest BCUT2D eigenvalue weighted by molar-refractivity contribution is 0.280. The highest BCUT2D eigenvalue weighted by Gasteiger charge is 2.08. The van der Waals surface area contributed by atoms with E-state index in [1.807, 2.05) is 31.3 Å². The Bertz CT molecular complexity index is 737. The van der Waals surface area contributed by atoms with Crippen LogP contribution in [-0.2, 0) is 20.2 Å². The Morgan fingerprint density at radius 2 is 2.00 bits per heavy atom. The summed E-state index contributed by atoms with van der Waals surface area (Å²) in [5, 5.41) is 17.7. The maximum Gasteiger partial charge on any atom is 0.163 e. The minimum atomic E-state index is 0.0317. The van der Waals surface area contributed by atoms with Gasteiger partial charge in [0.15, 0.2) is 5.65 Å². The highest BCUT2D eigenvalue weighted by Crippen LogP contribution is 2.19. The number of aryl methyl sites for hydroxylation is 1. The van der Waals surface area contributed by atoms with E-state index in [1.54, 1.807) is 10.9 Å². The van der Waals surface area contributed by atoms with Crippen molar-refractivity contribution < 1.29 is 5.11 Å². The standard InChI is InChI=1S/C14H15N5O/c1-19-14-12(7-18-19)13(16-9-17-14)15-6-10-4-2-3-5-11(10)8-20/h2-5,7,9,20H,6,8H2,1H3,(H,15,16,17). The summed E-state index contributed by atoms with van der Waals surface area (Å²) in [6.07, 6.45) is 3.26. The molecule has 6 heteroatoms. The Morgan fingerprint density at radius 3 is 2.80 bits per heavy atom. The molecule has 0 atom stereocenters. The van der Waals surface area contributed by atoms with E-state index in [0.29, 0.717) is 6.54 Å². The lowest BCUT2D eigenvalue weighted by Gasteiger charge is -2.09. The van der Waals surface area contributed by atoms with Gasteiger partial charge in [0.05, 0.1) is 18.2 Å². The molecule has 0 amide bonds. The van der Waals surface area contributed by atoms with Crippen molar-refractivity contribution in [2.75, 3.05) is 5.32 Å². The topological polar surface area (TPSA) is 75.9 Å². The summed E-state index contributed by atoms with van der Waals surface area (Å²) in [7, 11) is 1.85. The summed E-state index contributed by atoms with van der Waals surface area (Å²) in [5.74, 6) is 0.746. The van der Waals surface area contributed by atoms with Crippen molar-refractivity contribution in [2.24, 2.45) is 7.05 Å². The first kappa shape index (κ1) is 12.6. The minimum absolute atomic E-state index is 0.0317. The zero-order valence-corrected chi connectivity index (χ0v) is 11.1. The monoisotopic (exact) mass is 269 g/mol. The summed E-state index contributed by atoms with van der Waals surface area (Å²) in [5.41, 5.74) is 2.75. The molecule has 0 radical (unpaired) electrons. The number of hydrogen-bond donors (Lipinski definition) is 2. The van der Waals surface area contributed by atoms with Gasteiger partial charge in [0, 0.05) is 13.6 Å². The van der Waals surface area contributed by atoms with Crippen LogP contribution in [0.25, 0.3) is 11.0 Å². The normalized spacial score (nSPS) is 10.9. The molecule has 20 heavy (non-hydrogen) atoms. The Labute approximate surface area is 116 Å². The Kier molecular flexibility index (Phi) is 3.30. The van der Waals surface area contributed by atoms with Crippen LogP contribution in [0.3, 0.4) is 0 Å². The van der Waals surface area contributed by atoms with E-state index < -0.39 is 0 Å². The third kappa shape index (κ3) is 2.21. The average molecular weight is 269 g/mol. The molecule has 0 spiro atoms. The number of nitrogens with zero attached hydrogens (tertiary/aromatic N) is 4. The maximum absolute atomic E-state index is 9.32. The number of nitrogens with one attached hydrogen (secondary N) is 1. The van der Waals surface area contributed by atoms with Crippen LogP contribution < -0.4 is 5.32 Å². The highest BCUT2D eigenvalue weighted by atomic mass is 16.3. The first-order valence-electron chi connectivity index (χ1n) is 6.34. The second-order valence-electron chi connectivity index (χ2n) is 4.51. The van der Waals surface area contributed by atoms with Crippen molar-refractivity contribution in [3.8, 4) is 0 Å². The third-order valence-electron chi connectivity index (χ3n) is 3.26. The summed E-state index contributed by atoms with van der Waals surface area (Å²) in [6.45, 7) is 0.627. The molecule has 0 aliphatic rings. The van der Waals surface area contributed by atoms with Gasteiger partial charge in [0.2, 0.25) is 0 Å². The molecule has 3 rings (SSSR count). The van der Waals surface area contributed by atoms with Crippen molar-refractivity contribution >= 4 is 16.9 Å². The number of fused-ring (bicyclic) bond motifs is 1. The molecule has 0 fully saturated rings. The lowest BCUT2D eigenvalue weighted by Crippen LogP contribution is -2.05. The summed E-state index contributed by atoms with van der Waals surface area (Å²) < 4.78 is 1.71. The van der Waals surface area contributed by atoms with Gasteiger partial charge in [-0.3, -0.25) is 4.68 Å². The predicted molar refractivity (Wildman–Crippen MR) is 76.0 cm³/mol. The second kappa shape index (κ2) is 5.26. The van der Waals surface area contributed by atoms with Gasteiger partial charge in [-0.2, -0.15) is 5.10 Å². The van der Waals surface area contributed by atoms with Crippen molar-refractivity contribution in [3.63, 3.8) is 0 Å². The third-order valence-corrected chi connectivity index (χ3v) is 3.26. The molecule has 0 saturated carbocycles. The van der Waals surface area contributed by atoms with Gasteiger partial charge in [-0.15, -0.1) is 0 Å². The van der Waals surface area contributed by atoms with E-state index in [9.17, 15) is 5.11 Å². The molecule has 102 valence electrons. The quantitative estimate of drug-likeness (QED) is 0.750. The zero-order chi connectivity index (χ0) is 13.9. The molecule has 3 aromatic rings. The summed E-state index contributed by atoms with van der Waals surface area (Å²) in [4.78, 5) is 8.45. The first-order chi connectivity index (χ1) is 9.79. The Hall–Kier alpha value is -2.47. The fraction of sp³-hybridized carbons (Fsp3) is 0.214. The lowest BCUT2D eigenvalue weighted by atomic mass is 10.1. The van der Waals surface area contributed by atoms with E-state index in [0.717, 1.165) is 28.0 Å². The number of rotatable bonds is 4. The van der Waals surface area contributed by atoms with Gasteiger partial charge in [0.1, 0.15) is 12.1 Å². The molecule has 2 N–H and O–H groups in total. The Balaban J connectivity index is 1.87. The summed E-state index contributed by atoms with van der Waals surface area (Å²) in [6, 6.07) is 7.77. The number of aliphatic hydroxyl groups excluding tert-OH is 1. The van der Waals surface area contributed by atoms with E-state index in [1.165, 1.54) is 6.33 Å². The fourth-order valence-corrected chi connectivity index (χ4v) is 2.17. The van der Waals surface area contributed by atoms with Crippen LogP contribution in [0.15, 0.2) is 36.8 Å². The fourth-order valence-electron chi connectivity index (χ4n) is 2.17. The number of hydrogen-bond acceptors (Lipinski definition) is 5. The number of anilines is 1. The molecule has 6 nitrogen and oxygen atoms in total. The van der Waals surface area contributed by atoms with Crippen molar-refractivity contribution in [3.05, 3.63) is 47.9 Å². The maximum atomic E-state index is 9.32. The van der Waals surface area contributed by atoms with Gasteiger partial charge in [0.25, 0.3) is 0 Å². The largest absolute Gasteiger partial charge is 0.392 e. The van der Waals surface area contributed by atoms with Crippen molar-refractivity contribution in [1.29, 1.82) is 0 Å². The smallest absolute Gasteiger partial charge is 0.163 e. The molecule has 2 aromatic heterocycles. The molecule has 0 saturated heterocycles. The molecular weight excluding hydrogens is 254 g/mol. The Morgan fingerprint density at radius 1 is 1.20 bits per heavy atom. The molecule has 0 aliphatic carbocycles. The predicted octanol–water partition coefficient (Wildman–Crippen LogP) is 1.47. The molecule has 0 unspecified atom stereocenters. The van der Waals surface area contributed by atoms with Crippen molar-refractivity contribution in [1.82, 2.24) is 19.7 Å². The van der Waals surface area contributed by atoms with Gasteiger partial charge >= 0.3 is 0 Å². The zero-order valence-electron chi connectivity index (χ0n) is 11.1. The van der Waals surface area contributed by atoms with Gasteiger partial charge in [-0.05, 0) is 11.1 Å². The summed E-state index contributed by atoms with van der Waals surface area (Å²) >= 11 is 0. The van der Waals surface area contributed by atoms with Crippen LogP contribution >= 0.6 is 0 Å². The average Bonchev–Trinajstić information content (AvgIpc) is 2.88. The molecule has 2 heterocycles. The van der Waals surface area contributed by atoms with Gasteiger partial charge in [-0.25, -0.2) is 9.97 Å². The van der Waals surface area contributed by atoms with Crippen LogP contribution in [0.1, 0.15) is 11.1 Å². The molecular formula is C14H15N5O. The molecule has 1 aromatic carbocycles. The number of benzene rings is 1. The second-order valence-corrected chi connectivity index (χ2v) is 4.51. The van der Waals surface area contributed by atoms with Crippen LogP contribution in [0, 0.1) is 0 Å². The van der Waals surface area contributed by atoms with Crippen LogP contribution in [0.2, 0.25) is 0 Å². The molecule has 0 bridgehead atoms. The molecule has 0 aliphatic heterocycles. The highest BCUT2D eigenvalue weighted by molar-refractivity contribution is 5.85. The van der Waals surface area contributed by atoms with Crippen LogP contribution in [-0.4, -0.2) is 24.9 Å². The first-order valence-corrected chi connectivity index (χ1v) is 6.34. The minimum Gasteiger partial charge on any atom is -0.392 e. The van der Waals surface area contributed by atoms with E-state index in [-0.39, 0.29) is 6.61 Å². The van der Waals surface area contributed by atoms with Gasteiger partial charge in [-0.1, -0.05) is 24.3 Å².